The third kappa shape index (κ3) is 4.84. The Hall–Kier alpha value is -2.45. The molecule has 1 aliphatic rings. The van der Waals surface area contributed by atoms with Crippen LogP contribution in [0.4, 0.5) is 0 Å². The van der Waals surface area contributed by atoms with E-state index in [4.69, 9.17) is 9.15 Å². The normalized spacial score (nSPS) is 13.1. The molecule has 0 spiro atoms. The molecule has 1 aromatic carbocycles. The van der Waals surface area contributed by atoms with Crippen molar-refractivity contribution in [2.45, 2.75) is 19.4 Å². The molecular formula is C19H19BrN2O5. The van der Waals surface area contributed by atoms with Gasteiger partial charge in [-0.25, -0.2) is 0 Å². The fourth-order valence-corrected chi connectivity index (χ4v) is 3.10. The quantitative estimate of drug-likeness (QED) is 0.484. The van der Waals surface area contributed by atoms with Crippen molar-refractivity contribution in [3.63, 3.8) is 0 Å². The summed E-state index contributed by atoms with van der Waals surface area (Å²) in [5.74, 6) is -0.178. The number of hydrogen-bond acceptors (Lipinski definition) is 5. The van der Waals surface area contributed by atoms with E-state index in [0.29, 0.717) is 37.3 Å². The Morgan fingerprint density at radius 1 is 1.19 bits per heavy atom. The van der Waals surface area contributed by atoms with Crippen molar-refractivity contribution in [3.8, 4) is 0 Å². The molecule has 7 nitrogen and oxygen atoms in total. The number of ether oxygens (including phenoxy) is 1. The van der Waals surface area contributed by atoms with Crippen LogP contribution in [0.3, 0.4) is 0 Å². The third-order valence-electron chi connectivity index (χ3n) is 4.11. The predicted octanol–water partition coefficient (Wildman–Crippen LogP) is 2.75. The van der Waals surface area contributed by atoms with Crippen LogP contribution in [0.25, 0.3) is 0 Å². The summed E-state index contributed by atoms with van der Waals surface area (Å²) in [7, 11) is 0. The minimum atomic E-state index is -0.365. The second-order valence-corrected chi connectivity index (χ2v) is 6.95. The van der Waals surface area contributed by atoms with Crippen molar-refractivity contribution in [1.82, 2.24) is 10.2 Å². The summed E-state index contributed by atoms with van der Waals surface area (Å²) in [5, 5.41) is 2.76. The number of carbonyl (C=O) groups excluding carboxylic acids is 3. The Labute approximate surface area is 164 Å². The summed E-state index contributed by atoms with van der Waals surface area (Å²) in [6.45, 7) is 1.42. The van der Waals surface area contributed by atoms with E-state index in [-0.39, 0.29) is 30.7 Å². The van der Waals surface area contributed by atoms with Crippen LogP contribution in [0.15, 0.2) is 45.5 Å². The molecule has 3 rings (SSSR count). The first kappa shape index (κ1) is 19.3. The first-order chi connectivity index (χ1) is 13.1. The summed E-state index contributed by atoms with van der Waals surface area (Å²) >= 11 is 3.29. The second-order valence-electron chi connectivity index (χ2n) is 6.04. The first-order valence-electron chi connectivity index (χ1n) is 8.59. The summed E-state index contributed by atoms with van der Waals surface area (Å²) in [6.07, 6.45) is 2.32. The van der Waals surface area contributed by atoms with E-state index < -0.39 is 0 Å². The van der Waals surface area contributed by atoms with E-state index in [1.165, 1.54) is 0 Å². The van der Waals surface area contributed by atoms with Gasteiger partial charge in [-0.2, -0.15) is 0 Å². The van der Waals surface area contributed by atoms with Gasteiger partial charge in [-0.15, -0.1) is 0 Å². The molecule has 0 atom stereocenters. The molecule has 1 N–H and O–H groups in total. The number of imide groups is 1. The van der Waals surface area contributed by atoms with Crippen LogP contribution in [0.5, 0.6) is 0 Å². The van der Waals surface area contributed by atoms with Crippen LogP contribution in [-0.2, 0) is 16.1 Å². The van der Waals surface area contributed by atoms with E-state index in [1.807, 2.05) is 6.07 Å². The number of carbonyl (C=O) groups is 3. The Bertz CT molecular complexity index is 835. The molecule has 1 aromatic heterocycles. The molecule has 3 amide bonds. The average Bonchev–Trinajstić information content (AvgIpc) is 3.24. The average molecular weight is 435 g/mol. The van der Waals surface area contributed by atoms with Gasteiger partial charge in [0.15, 0.2) is 0 Å². The van der Waals surface area contributed by atoms with Crippen molar-refractivity contribution < 1.29 is 23.5 Å². The maximum Gasteiger partial charge on any atom is 0.261 e. The molecule has 1 aliphatic heterocycles. The zero-order valence-corrected chi connectivity index (χ0v) is 16.2. The molecule has 8 heteroatoms. The van der Waals surface area contributed by atoms with Gasteiger partial charge in [0, 0.05) is 30.6 Å². The molecule has 142 valence electrons. The van der Waals surface area contributed by atoms with E-state index in [1.54, 1.807) is 30.5 Å². The van der Waals surface area contributed by atoms with Gasteiger partial charge in [0.05, 0.1) is 17.4 Å². The predicted molar refractivity (Wildman–Crippen MR) is 100 cm³/mol. The van der Waals surface area contributed by atoms with Crippen molar-refractivity contribution >= 4 is 33.7 Å². The fraction of sp³-hybridized carbons (Fsp3) is 0.316. The van der Waals surface area contributed by atoms with E-state index in [0.717, 1.165) is 15.1 Å². The molecule has 2 aromatic rings. The summed E-state index contributed by atoms with van der Waals surface area (Å²) in [4.78, 5) is 37.7. The molecule has 0 saturated carbocycles. The van der Waals surface area contributed by atoms with Crippen molar-refractivity contribution in [2.75, 3.05) is 19.7 Å². The highest BCUT2D eigenvalue weighted by molar-refractivity contribution is 9.10. The first-order valence-corrected chi connectivity index (χ1v) is 9.38. The summed E-state index contributed by atoms with van der Waals surface area (Å²) in [5.41, 5.74) is 0.737. The Balaban J connectivity index is 1.35. The Morgan fingerprint density at radius 2 is 2.00 bits per heavy atom. The highest BCUT2D eigenvalue weighted by atomic mass is 79.9. The van der Waals surface area contributed by atoms with Gasteiger partial charge in [-0.1, -0.05) is 15.9 Å². The number of furan rings is 1. The topological polar surface area (TPSA) is 88.9 Å². The number of amides is 3. The fourth-order valence-electron chi connectivity index (χ4n) is 2.74. The lowest BCUT2D eigenvalue weighted by atomic mass is 10.1. The zero-order valence-electron chi connectivity index (χ0n) is 14.6. The molecular weight excluding hydrogens is 416 g/mol. The molecule has 0 aliphatic carbocycles. The largest absolute Gasteiger partial charge is 0.467 e. The van der Waals surface area contributed by atoms with Crippen molar-refractivity contribution in [1.29, 1.82) is 0 Å². The molecule has 2 heterocycles. The number of rotatable bonds is 9. The lowest BCUT2D eigenvalue weighted by Gasteiger charge is -2.13. The molecule has 0 unspecified atom stereocenters. The van der Waals surface area contributed by atoms with Gasteiger partial charge in [-0.3, -0.25) is 19.3 Å². The standard InChI is InChI=1S/C19H19BrN2O5/c20-13-4-5-15-16(11-13)19(25)22(18(15)24)8-6-17(23)21-7-2-9-26-12-14-3-1-10-27-14/h1,3-5,10-11H,2,6-9,12H2,(H,21,23). The number of hydrogen-bond donors (Lipinski definition) is 1. The van der Waals surface area contributed by atoms with Gasteiger partial charge < -0.3 is 14.5 Å². The van der Waals surface area contributed by atoms with Crippen LogP contribution in [0.2, 0.25) is 0 Å². The van der Waals surface area contributed by atoms with E-state index >= 15 is 0 Å². The van der Waals surface area contributed by atoms with Crippen LogP contribution in [-0.4, -0.2) is 42.3 Å². The van der Waals surface area contributed by atoms with E-state index in [2.05, 4.69) is 21.2 Å². The van der Waals surface area contributed by atoms with Crippen molar-refractivity contribution in [3.05, 3.63) is 58.0 Å². The van der Waals surface area contributed by atoms with Crippen molar-refractivity contribution in [2.24, 2.45) is 0 Å². The summed E-state index contributed by atoms with van der Waals surface area (Å²) < 4.78 is 11.3. The van der Waals surface area contributed by atoms with Gasteiger partial charge in [0.2, 0.25) is 5.91 Å². The van der Waals surface area contributed by atoms with Crippen LogP contribution >= 0.6 is 15.9 Å². The van der Waals surface area contributed by atoms with Gasteiger partial charge >= 0.3 is 0 Å². The monoisotopic (exact) mass is 434 g/mol. The third-order valence-corrected chi connectivity index (χ3v) is 4.60. The highest BCUT2D eigenvalue weighted by Crippen LogP contribution is 2.26. The lowest BCUT2D eigenvalue weighted by Crippen LogP contribution is -2.35. The van der Waals surface area contributed by atoms with Crippen LogP contribution < -0.4 is 5.32 Å². The smallest absolute Gasteiger partial charge is 0.261 e. The molecule has 27 heavy (non-hydrogen) atoms. The lowest BCUT2D eigenvalue weighted by molar-refractivity contribution is -0.121. The number of nitrogens with zero attached hydrogens (tertiary/aromatic N) is 1. The zero-order chi connectivity index (χ0) is 19.2. The minimum absolute atomic E-state index is 0.0603. The second kappa shape index (κ2) is 8.96. The molecule has 0 bridgehead atoms. The molecule has 0 fully saturated rings. The Kier molecular flexibility index (Phi) is 6.41. The summed E-state index contributed by atoms with van der Waals surface area (Å²) in [6, 6.07) is 8.58. The van der Waals surface area contributed by atoms with Gasteiger partial charge in [0.1, 0.15) is 12.4 Å². The Morgan fingerprint density at radius 3 is 2.78 bits per heavy atom. The molecule has 0 saturated heterocycles. The SMILES string of the molecule is O=C(CCN1C(=O)c2ccc(Br)cc2C1=O)NCCCOCc1ccco1. The van der Waals surface area contributed by atoms with Gasteiger partial charge in [0.25, 0.3) is 11.8 Å². The van der Waals surface area contributed by atoms with Crippen LogP contribution in [0.1, 0.15) is 39.3 Å². The highest BCUT2D eigenvalue weighted by Gasteiger charge is 2.35. The number of fused-ring (bicyclic) bond motifs is 1. The maximum atomic E-state index is 12.3. The van der Waals surface area contributed by atoms with Crippen LogP contribution in [0, 0.1) is 0 Å². The minimum Gasteiger partial charge on any atom is -0.467 e. The van der Waals surface area contributed by atoms with E-state index in [9.17, 15) is 14.4 Å². The number of benzene rings is 1. The van der Waals surface area contributed by atoms with Gasteiger partial charge in [-0.05, 0) is 36.8 Å². The molecule has 0 radical (unpaired) electrons. The number of halogens is 1. The maximum absolute atomic E-state index is 12.3. The number of nitrogens with one attached hydrogen (secondary N) is 1.